The summed E-state index contributed by atoms with van der Waals surface area (Å²) in [6, 6.07) is 7.94. The minimum absolute atomic E-state index is 0.337. The molecule has 1 aliphatic heterocycles. The zero-order chi connectivity index (χ0) is 24.2. The molecule has 0 spiro atoms. The van der Waals surface area contributed by atoms with E-state index in [1.807, 2.05) is 24.3 Å². The number of rotatable bonds is 8. The van der Waals surface area contributed by atoms with Gasteiger partial charge in [-0.1, -0.05) is 29.5 Å². The number of benzene rings is 1. The quantitative estimate of drug-likeness (QED) is 0.337. The van der Waals surface area contributed by atoms with Crippen LogP contribution in [0.5, 0.6) is 0 Å². The van der Waals surface area contributed by atoms with Crippen molar-refractivity contribution in [3.63, 3.8) is 0 Å². The summed E-state index contributed by atoms with van der Waals surface area (Å²) in [5.41, 5.74) is 3.43. The SMILES string of the molecule is CNc1ncc(-c2nc(N3CCOCC3)c3nc(-c4cccc(CCNS(=O)[O-])c4)sc3n2)cn1. The Balaban J connectivity index is 1.54. The lowest BCUT2D eigenvalue weighted by atomic mass is 10.1. The second kappa shape index (κ2) is 10.7. The number of nitrogens with zero attached hydrogens (tertiary/aromatic N) is 6. The second-order valence-electron chi connectivity index (χ2n) is 7.77. The van der Waals surface area contributed by atoms with Crippen molar-refractivity contribution in [2.75, 3.05) is 50.1 Å². The number of morpholine rings is 1. The van der Waals surface area contributed by atoms with Gasteiger partial charge in [0.25, 0.3) is 0 Å². The summed E-state index contributed by atoms with van der Waals surface area (Å²) in [7, 11) is 1.77. The van der Waals surface area contributed by atoms with Crippen molar-refractivity contribution < 1.29 is 13.5 Å². The molecule has 0 saturated carbocycles. The third-order valence-electron chi connectivity index (χ3n) is 5.49. The van der Waals surface area contributed by atoms with Gasteiger partial charge in [0, 0.05) is 55.9 Å². The lowest BCUT2D eigenvalue weighted by molar-refractivity contribution is 0.122. The highest BCUT2D eigenvalue weighted by atomic mass is 32.2. The van der Waals surface area contributed by atoms with E-state index in [9.17, 15) is 8.76 Å². The standard InChI is InChI=1S/C22H24N8O3S2/c1-23-22-24-12-16(13-25-22)18-28-19(30-7-9-33-10-8-30)17-21(29-18)34-20(27-17)15-4-2-3-14(11-15)5-6-26-35(31)32/h2-4,11-13,26H,5-10H2,1H3,(H,31,32)(H,23,24,25)/p-1. The predicted molar refractivity (Wildman–Crippen MR) is 135 cm³/mol. The number of aromatic nitrogens is 5. The van der Waals surface area contributed by atoms with Gasteiger partial charge in [0.05, 0.1) is 18.8 Å². The van der Waals surface area contributed by atoms with E-state index in [0.29, 0.717) is 38.0 Å². The monoisotopic (exact) mass is 511 g/mol. The molecule has 1 unspecified atom stereocenters. The van der Waals surface area contributed by atoms with E-state index in [1.54, 1.807) is 19.4 Å². The summed E-state index contributed by atoms with van der Waals surface area (Å²) in [6.45, 7) is 3.03. The molecule has 4 aromatic rings. The van der Waals surface area contributed by atoms with E-state index in [-0.39, 0.29) is 0 Å². The van der Waals surface area contributed by atoms with Gasteiger partial charge in [0.15, 0.2) is 11.6 Å². The summed E-state index contributed by atoms with van der Waals surface area (Å²) in [6.07, 6.45) is 3.99. The van der Waals surface area contributed by atoms with E-state index in [1.165, 1.54) is 11.3 Å². The first-order valence-electron chi connectivity index (χ1n) is 11.0. The molecule has 3 aromatic heterocycles. The van der Waals surface area contributed by atoms with Crippen LogP contribution in [0.15, 0.2) is 36.7 Å². The summed E-state index contributed by atoms with van der Waals surface area (Å²) in [4.78, 5) is 26.2. The maximum Gasteiger partial charge on any atom is 0.222 e. The zero-order valence-corrected chi connectivity index (χ0v) is 20.6. The van der Waals surface area contributed by atoms with Crippen molar-refractivity contribution in [2.45, 2.75) is 6.42 Å². The molecule has 1 aliphatic rings. The summed E-state index contributed by atoms with van der Waals surface area (Å²) in [5, 5.41) is 3.74. The number of anilines is 2. The summed E-state index contributed by atoms with van der Waals surface area (Å²) < 4.78 is 29.4. The molecule has 5 rings (SSSR count). The van der Waals surface area contributed by atoms with Crippen LogP contribution in [0, 0.1) is 0 Å². The van der Waals surface area contributed by atoms with Crippen molar-refractivity contribution in [2.24, 2.45) is 0 Å². The van der Waals surface area contributed by atoms with Gasteiger partial charge in [0.2, 0.25) is 5.95 Å². The van der Waals surface area contributed by atoms with Crippen molar-refractivity contribution in [1.82, 2.24) is 29.6 Å². The van der Waals surface area contributed by atoms with Gasteiger partial charge in [-0.3, -0.25) is 4.21 Å². The fourth-order valence-corrected chi connectivity index (χ4v) is 4.97. The Morgan fingerprint density at radius 1 is 1.14 bits per heavy atom. The lowest BCUT2D eigenvalue weighted by Crippen LogP contribution is -2.37. The van der Waals surface area contributed by atoms with Crippen LogP contribution < -0.4 is 14.9 Å². The zero-order valence-electron chi connectivity index (χ0n) is 18.9. The predicted octanol–water partition coefficient (Wildman–Crippen LogP) is 2.01. The van der Waals surface area contributed by atoms with E-state index in [4.69, 9.17) is 19.7 Å². The molecule has 0 bridgehead atoms. The van der Waals surface area contributed by atoms with Gasteiger partial charge < -0.3 is 19.5 Å². The number of nitrogens with one attached hydrogen (secondary N) is 2. The maximum atomic E-state index is 10.7. The fourth-order valence-electron chi connectivity index (χ4n) is 3.77. The first-order chi connectivity index (χ1) is 17.1. The van der Waals surface area contributed by atoms with Gasteiger partial charge in [-0.2, -0.15) is 0 Å². The fraction of sp³-hybridized carbons (Fsp3) is 0.318. The van der Waals surface area contributed by atoms with Crippen LogP contribution in [0.3, 0.4) is 0 Å². The Morgan fingerprint density at radius 2 is 1.94 bits per heavy atom. The third-order valence-corrected chi connectivity index (χ3v) is 6.93. The number of ether oxygens (including phenoxy) is 1. The first kappa shape index (κ1) is 23.6. The van der Waals surface area contributed by atoms with E-state index < -0.39 is 11.3 Å². The molecule has 1 saturated heterocycles. The van der Waals surface area contributed by atoms with Crippen molar-refractivity contribution in [1.29, 1.82) is 0 Å². The van der Waals surface area contributed by atoms with Crippen LogP contribution in [0.25, 0.3) is 32.3 Å². The molecular formula is C22H23N8O3S2-. The van der Waals surface area contributed by atoms with Gasteiger partial charge >= 0.3 is 0 Å². The first-order valence-corrected chi connectivity index (χ1v) is 12.9. The lowest BCUT2D eigenvalue weighted by Gasteiger charge is -2.28. The molecule has 13 heteroatoms. The largest absolute Gasteiger partial charge is 0.760 e. The van der Waals surface area contributed by atoms with Crippen molar-refractivity contribution in [3.8, 4) is 22.0 Å². The minimum atomic E-state index is -2.27. The van der Waals surface area contributed by atoms with E-state index in [0.717, 1.165) is 51.0 Å². The van der Waals surface area contributed by atoms with Crippen LogP contribution in [0.2, 0.25) is 0 Å². The van der Waals surface area contributed by atoms with E-state index in [2.05, 4.69) is 24.9 Å². The molecule has 0 aliphatic carbocycles. The molecule has 1 atom stereocenters. The molecule has 182 valence electrons. The van der Waals surface area contributed by atoms with Crippen LogP contribution in [-0.4, -0.2) is 73.6 Å². The Morgan fingerprint density at radius 3 is 2.69 bits per heavy atom. The molecule has 11 nitrogen and oxygen atoms in total. The molecule has 1 aromatic carbocycles. The second-order valence-corrected chi connectivity index (χ2v) is 9.50. The molecule has 0 radical (unpaired) electrons. The topological polar surface area (TPSA) is 141 Å². The summed E-state index contributed by atoms with van der Waals surface area (Å²) in [5.74, 6) is 1.84. The third kappa shape index (κ3) is 5.44. The molecule has 0 amide bonds. The Kier molecular flexibility index (Phi) is 7.20. The Labute approximate surface area is 208 Å². The molecular weight excluding hydrogens is 488 g/mol. The molecule has 35 heavy (non-hydrogen) atoms. The molecule has 1 fully saturated rings. The highest BCUT2D eigenvalue weighted by Gasteiger charge is 2.22. The number of fused-ring (bicyclic) bond motifs is 1. The number of hydrogen-bond donors (Lipinski definition) is 2. The van der Waals surface area contributed by atoms with Gasteiger partial charge in [0.1, 0.15) is 15.4 Å². The minimum Gasteiger partial charge on any atom is -0.760 e. The Bertz CT molecular complexity index is 1340. The van der Waals surface area contributed by atoms with Crippen molar-refractivity contribution >= 4 is 44.7 Å². The van der Waals surface area contributed by atoms with Gasteiger partial charge in [-0.25, -0.2) is 29.6 Å². The van der Waals surface area contributed by atoms with Crippen molar-refractivity contribution in [3.05, 3.63) is 42.2 Å². The van der Waals surface area contributed by atoms with E-state index >= 15 is 0 Å². The van der Waals surface area contributed by atoms with Crippen LogP contribution in [-0.2, 0) is 22.4 Å². The molecule has 4 heterocycles. The number of thiazole rings is 1. The normalized spacial score (nSPS) is 14.9. The van der Waals surface area contributed by atoms with Gasteiger partial charge in [-0.05, 0) is 18.1 Å². The summed E-state index contributed by atoms with van der Waals surface area (Å²) >= 11 is -0.773. The average Bonchev–Trinajstić information content (AvgIpc) is 3.33. The Hall–Kier alpha value is -3.10. The van der Waals surface area contributed by atoms with Crippen LogP contribution >= 0.6 is 11.3 Å². The average molecular weight is 512 g/mol. The number of hydrogen-bond acceptors (Lipinski definition) is 11. The maximum absolute atomic E-state index is 10.7. The molecule has 2 N–H and O–H groups in total. The highest BCUT2D eigenvalue weighted by molar-refractivity contribution is 7.77. The highest BCUT2D eigenvalue weighted by Crippen LogP contribution is 2.35. The van der Waals surface area contributed by atoms with Crippen LogP contribution in [0.1, 0.15) is 5.56 Å². The smallest absolute Gasteiger partial charge is 0.222 e. The van der Waals surface area contributed by atoms with Crippen LogP contribution in [0.4, 0.5) is 11.8 Å². The van der Waals surface area contributed by atoms with Gasteiger partial charge in [-0.15, -0.1) is 0 Å².